The van der Waals surface area contributed by atoms with Gasteiger partial charge in [0, 0.05) is 5.56 Å². The van der Waals surface area contributed by atoms with Gasteiger partial charge in [-0.25, -0.2) is 4.79 Å². The van der Waals surface area contributed by atoms with Crippen molar-refractivity contribution in [3.05, 3.63) is 34.9 Å². The van der Waals surface area contributed by atoms with E-state index >= 15 is 0 Å². The van der Waals surface area contributed by atoms with E-state index in [9.17, 15) is 9.59 Å². The van der Waals surface area contributed by atoms with E-state index in [-0.39, 0.29) is 11.8 Å². The molecule has 0 bridgehead atoms. The van der Waals surface area contributed by atoms with Crippen molar-refractivity contribution in [1.82, 2.24) is 5.32 Å². The van der Waals surface area contributed by atoms with Crippen molar-refractivity contribution >= 4 is 11.9 Å². The summed E-state index contributed by atoms with van der Waals surface area (Å²) in [5, 5.41) is 11.8. The van der Waals surface area contributed by atoms with E-state index in [0.29, 0.717) is 12.0 Å². The van der Waals surface area contributed by atoms with Crippen molar-refractivity contribution in [1.29, 1.82) is 0 Å². The molecule has 1 aromatic carbocycles. The average Bonchev–Trinajstić information content (AvgIpc) is 2.34. The maximum absolute atomic E-state index is 12.1. The molecular weight excluding hydrogens is 242 g/mol. The number of aliphatic carboxylic acids is 1. The summed E-state index contributed by atoms with van der Waals surface area (Å²) in [5.74, 6) is -1.43. The number of carboxylic acid groups (broad SMARTS) is 1. The molecule has 104 valence electrons. The number of hydrogen-bond donors (Lipinski definition) is 2. The molecule has 19 heavy (non-hydrogen) atoms. The smallest absolute Gasteiger partial charge is 0.326 e. The lowest BCUT2D eigenvalue weighted by Gasteiger charge is -2.20. The fourth-order valence-corrected chi connectivity index (χ4v) is 1.97. The summed E-state index contributed by atoms with van der Waals surface area (Å²) in [5.41, 5.74) is 2.46. The van der Waals surface area contributed by atoms with E-state index in [2.05, 4.69) is 5.32 Å². The first-order valence-electron chi connectivity index (χ1n) is 6.47. The summed E-state index contributed by atoms with van der Waals surface area (Å²) in [6.45, 7) is 7.53. The van der Waals surface area contributed by atoms with E-state index in [1.165, 1.54) is 0 Å². The van der Waals surface area contributed by atoms with Crippen molar-refractivity contribution in [3.63, 3.8) is 0 Å². The predicted molar refractivity (Wildman–Crippen MR) is 74.3 cm³/mol. The van der Waals surface area contributed by atoms with Gasteiger partial charge in [-0.1, -0.05) is 38.0 Å². The van der Waals surface area contributed by atoms with E-state index < -0.39 is 12.0 Å². The third kappa shape index (κ3) is 3.81. The molecule has 2 atom stereocenters. The Morgan fingerprint density at radius 2 is 1.95 bits per heavy atom. The molecule has 0 aromatic heterocycles. The molecule has 4 heteroatoms. The van der Waals surface area contributed by atoms with Gasteiger partial charge in [0.25, 0.3) is 5.91 Å². The second-order valence-corrected chi connectivity index (χ2v) is 4.99. The molecular formula is C15H21NO3. The molecule has 0 aliphatic carbocycles. The molecule has 0 heterocycles. The minimum atomic E-state index is -0.993. The van der Waals surface area contributed by atoms with Crippen LogP contribution in [0.5, 0.6) is 0 Å². The zero-order chi connectivity index (χ0) is 14.6. The second-order valence-electron chi connectivity index (χ2n) is 4.99. The lowest BCUT2D eigenvalue weighted by Crippen LogP contribution is -2.45. The molecule has 1 rings (SSSR count). The van der Waals surface area contributed by atoms with Crippen LogP contribution in [0.4, 0.5) is 0 Å². The Balaban J connectivity index is 2.91. The van der Waals surface area contributed by atoms with Gasteiger partial charge in [-0.15, -0.1) is 0 Å². The van der Waals surface area contributed by atoms with Crippen LogP contribution < -0.4 is 5.32 Å². The van der Waals surface area contributed by atoms with Gasteiger partial charge >= 0.3 is 5.97 Å². The third-order valence-corrected chi connectivity index (χ3v) is 3.39. The minimum Gasteiger partial charge on any atom is -0.480 e. The van der Waals surface area contributed by atoms with E-state index in [1.807, 2.05) is 39.8 Å². The van der Waals surface area contributed by atoms with Crippen LogP contribution in [0.2, 0.25) is 0 Å². The number of amides is 1. The Hall–Kier alpha value is -1.84. The van der Waals surface area contributed by atoms with Crippen molar-refractivity contribution in [2.45, 2.75) is 40.2 Å². The largest absolute Gasteiger partial charge is 0.480 e. The molecule has 0 radical (unpaired) electrons. The number of carbonyl (C=O) groups is 2. The number of hydrogen-bond acceptors (Lipinski definition) is 2. The fraction of sp³-hybridized carbons (Fsp3) is 0.467. The normalized spacial score (nSPS) is 13.7. The van der Waals surface area contributed by atoms with Crippen molar-refractivity contribution in [2.75, 3.05) is 0 Å². The molecule has 1 aromatic rings. The van der Waals surface area contributed by atoms with Gasteiger partial charge in [0.1, 0.15) is 6.04 Å². The highest BCUT2D eigenvalue weighted by atomic mass is 16.4. The SMILES string of the molecule is CC[C@H](C)[C@H](NC(=O)c1ccc(C)cc1C)C(=O)O. The summed E-state index contributed by atoms with van der Waals surface area (Å²) in [6.07, 6.45) is 0.699. The van der Waals surface area contributed by atoms with Gasteiger partial charge in [-0.2, -0.15) is 0 Å². The number of rotatable bonds is 5. The lowest BCUT2D eigenvalue weighted by atomic mass is 9.98. The lowest BCUT2D eigenvalue weighted by molar-refractivity contribution is -0.140. The summed E-state index contributed by atoms with van der Waals surface area (Å²) >= 11 is 0. The summed E-state index contributed by atoms with van der Waals surface area (Å²) in [6, 6.07) is 4.64. The highest BCUT2D eigenvalue weighted by Gasteiger charge is 2.26. The van der Waals surface area contributed by atoms with Gasteiger partial charge in [-0.05, 0) is 31.4 Å². The Kier molecular flexibility index (Phi) is 5.10. The first kappa shape index (κ1) is 15.2. The number of nitrogens with one attached hydrogen (secondary N) is 1. The summed E-state index contributed by atoms with van der Waals surface area (Å²) in [4.78, 5) is 23.3. The Labute approximate surface area is 113 Å². The van der Waals surface area contributed by atoms with E-state index in [0.717, 1.165) is 11.1 Å². The van der Waals surface area contributed by atoms with Crippen LogP contribution in [-0.4, -0.2) is 23.0 Å². The molecule has 0 saturated heterocycles. The van der Waals surface area contributed by atoms with Crippen LogP contribution in [0.25, 0.3) is 0 Å². The van der Waals surface area contributed by atoms with Gasteiger partial charge in [0.05, 0.1) is 0 Å². The predicted octanol–water partition coefficient (Wildman–Crippen LogP) is 2.53. The van der Waals surface area contributed by atoms with Crippen molar-refractivity contribution in [2.24, 2.45) is 5.92 Å². The number of carbonyl (C=O) groups excluding carboxylic acids is 1. The van der Waals surface area contributed by atoms with Crippen molar-refractivity contribution in [3.8, 4) is 0 Å². The quantitative estimate of drug-likeness (QED) is 0.858. The second kappa shape index (κ2) is 6.36. The zero-order valence-corrected chi connectivity index (χ0v) is 11.9. The van der Waals surface area contributed by atoms with Crippen LogP contribution in [0, 0.1) is 19.8 Å². The van der Waals surface area contributed by atoms with Crippen molar-refractivity contribution < 1.29 is 14.7 Å². The molecule has 0 unspecified atom stereocenters. The molecule has 0 saturated carbocycles. The highest BCUT2D eigenvalue weighted by Crippen LogP contribution is 2.13. The van der Waals surface area contributed by atoms with E-state index in [4.69, 9.17) is 5.11 Å². The standard InChI is InChI=1S/C15H21NO3/c1-5-10(3)13(15(18)19)16-14(17)12-7-6-9(2)8-11(12)4/h6-8,10,13H,5H2,1-4H3,(H,16,17)(H,18,19)/t10-,13-/m0/s1. The van der Waals surface area contributed by atoms with Gasteiger partial charge < -0.3 is 10.4 Å². The van der Waals surface area contributed by atoms with Gasteiger partial charge in [0.2, 0.25) is 0 Å². The number of carboxylic acids is 1. The van der Waals surface area contributed by atoms with Gasteiger partial charge in [-0.3, -0.25) is 4.79 Å². The van der Waals surface area contributed by atoms with Gasteiger partial charge in [0.15, 0.2) is 0 Å². The molecule has 0 aliphatic heterocycles. The highest BCUT2D eigenvalue weighted by molar-refractivity contribution is 5.97. The Morgan fingerprint density at radius 3 is 2.42 bits per heavy atom. The molecule has 0 aliphatic rings. The first-order valence-corrected chi connectivity index (χ1v) is 6.47. The monoisotopic (exact) mass is 263 g/mol. The Bertz CT molecular complexity index is 482. The third-order valence-electron chi connectivity index (χ3n) is 3.39. The molecule has 0 spiro atoms. The molecule has 2 N–H and O–H groups in total. The van der Waals surface area contributed by atoms with Crippen LogP contribution in [-0.2, 0) is 4.79 Å². The summed E-state index contributed by atoms with van der Waals surface area (Å²) in [7, 11) is 0. The zero-order valence-electron chi connectivity index (χ0n) is 11.9. The minimum absolute atomic E-state index is 0.104. The van der Waals surface area contributed by atoms with Crippen LogP contribution in [0.1, 0.15) is 41.8 Å². The summed E-state index contributed by atoms with van der Waals surface area (Å²) < 4.78 is 0. The maximum atomic E-state index is 12.1. The fourth-order valence-electron chi connectivity index (χ4n) is 1.97. The average molecular weight is 263 g/mol. The van der Waals surface area contributed by atoms with Crippen LogP contribution in [0.15, 0.2) is 18.2 Å². The van der Waals surface area contributed by atoms with E-state index in [1.54, 1.807) is 6.07 Å². The molecule has 4 nitrogen and oxygen atoms in total. The number of benzene rings is 1. The number of aryl methyl sites for hydroxylation is 2. The first-order chi connectivity index (χ1) is 8.86. The van der Waals surface area contributed by atoms with Crippen LogP contribution >= 0.6 is 0 Å². The maximum Gasteiger partial charge on any atom is 0.326 e. The molecule has 0 fully saturated rings. The van der Waals surface area contributed by atoms with Crippen LogP contribution in [0.3, 0.4) is 0 Å². The Morgan fingerprint density at radius 1 is 1.32 bits per heavy atom. The topological polar surface area (TPSA) is 66.4 Å². The molecule has 1 amide bonds.